The summed E-state index contributed by atoms with van der Waals surface area (Å²) in [6, 6.07) is 0. The van der Waals surface area contributed by atoms with E-state index in [9.17, 15) is 15.3 Å². The van der Waals surface area contributed by atoms with Crippen molar-refractivity contribution in [2.24, 2.45) is 0 Å². The number of aliphatic hydroxyl groups is 4. The summed E-state index contributed by atoms with van der Waals surface area (Å²) < 4.78 is 11.7. The fraction of sp³-hybridized carbons (Fsp3) is 1.00. The number of hydrogen-bond acceptors (Lipinski definition) is 5. The predicted molar refractivity (Wildman–Crippen MR) is 39.2 cm³/mol. The van der Waals surface area contributed by atoms with E-state index >= 15 is 0 Å². The lowest BCUT2D eigenvalue weighted by molar-refractivity contribution is -0.309. The van der Waals surface area contributed by atoms with Gasteiger partial charge in [0.15, 0.2) is 6.29 Å². The van der Waals surface area contributed by atoms with Crippen molar-refractivity contribution >= 4 is 0 Å². The summed E-state index contributed by atoms with van der Waals surface area (Å²) in [5, 5.41) is 37.4. The lowest BCUT2D eigenvalue weighted by Crippen LogP contribution is -2.64. The van der Waals surface area contributed by atoms with Gasteiger partial charge in [-0.15, -0.1) is 0 Å². The van der Waals surface area contributed by atoms with E-state index in [4.69, 9.17) is 11.2 Å². The molecule has 0 spiro atoms. The van der Waals surface area contributed by atoms with Crippen LogP contribution in [0.25, 0.3) is 0 Å². The maximum atomic E-state index is 9.63. The highest BCUT2D eigenvalue weighted by Crippen LogP contribution is 2.28. The second kappa shape index (κ2) is 2.93. The lowest BCUT2D eigenvalue weighted by atomic mass is 9.86. The topological polar surface area (TPSA) is 90.2 Å². The molecule has 0 aliphatic carbocycles. The van der Waals surface area contributed by atoms with Gasteiger partial charge in [0.05, 0.1) is 6.10 Å². The summed E-state index contributed by atoms with van der Waals surface area (Å²) in [7, 11) is 0. The molecule has 0 amide bonds. The smallest absolute Gasteiger partial charge is 0.184 e. The predicted octanol–water partition coefficient (Wildman–Crippen LogP) is -1.80. The third-order valence-corrected chi connectivity index (χ3v) is 2.09. The Labute approximate surface area is 71.6 Å². The van der Waals surface area contributed by atoms with Crippen molar-refractivity contribution in [3.05, 3.63) is 0 Å². The van der Waals surface area contributed by atoms with Crippen molar-refractivity contribution < 1.29 is 26.5 Å². The molecule has 5 nitrogen and oxygen atoms in total. The Balaban J connectivity index is 2.88. The van der Waals surface area contributed by atoms with E-state index in [1.807, 2.05) is 0 Å². The molecular weight excluding hydrogens is 164 g/mol. The van der Waals surface area contributed by atoms with Crippen LogP contribution in [0.3, 0.4) is 0 Å². The van der Waals surface area contributed by atoms with Gasteiger partial charge in [0.1, 0.15) is 17.8 Å². The van der Waals surface area contributed by atoms with Crippen molar-refractivity contribution in [3.63, 3.8) is 0 Å². The molecule has 0 aromatic rings. The standard InChI is InChI=1S/C7H14O5/c1-3-4(8)7(2,11)5(9)6(10)12-3/h3-6,8-11H,1-2H3/t3-,4+,5+,6?,7-/m1/s1/i2D. The molecule has 1 heterocycles. The van der Waals surface area contributed by atoms with Gasteiger partial charge in [-0.2, -0.15) is 0 Å². The molecule has 1 aliphatic heterocycles. The Bertz CT molecular complexity index is 174. The number of rotatable bonds is 0. The van der Waals surface area contributed by atoms with Crippen molar-refractivity contribution in [1.82, 2.24) is 0 Å². The van der Waals surface area contributed by atoms with Crippen LogP contribution in [-0.2, 0) is 4.74 Å². The van der Waals surface area contributed by atoms with E-state index in [2.05, 4.69) is 0 Å². The van der Waals surface area contributed by atoms with E-state index in [1.165, 1.54) is 6.92 Å². The van der Waals surface area contributed by atoms with Crippen LogP contribution in [0.2, 0.25) is 0 Å². The minimum atomic E-state index is -2.02. The summed E-state index contributed by atoms with van der Waals surface area (Å²) in [4.78, 5) is 0. The molecule has 5 heteroatoms. The highest BCUT2D eigenvalue weighted by Gasteiger charge is 2.50. The van der Waals surface area contributed by atoms with Crippen LogP contribution in [0.1, 0.15) is 15.2 Å². The monoisotopic (exact) mass is 179 g/mol. The van der Waals surface area contributed by atoms with Crippen LogP contribution in [0.15, 0.2) is 0 Å². The summed E-state index contributed by atoms with van der Waals surface area (Å²) >= 11 is 0. The molecule has 1 rings (SSSR count). The van der Waals surface area contributed by atoms with Gasteiger partial charge in [-0.3, -0.25) is 0 Å². The molecule has 1 fully saturated rings. The van der Waals surface area contributed by atoms with E-state index in [-0.39, 0.29) is 0 Å². The maximum absolute atomic E-state index is 9.63. The molecule has 0 aromatic carbocycles. The zero-order chi connectivity index (χ0) is 10.2. The largest absolute Gasteiger partial charge is 0.387 e. The maximum Gasteiger partial charge on any atom is 0.184 e. The number of hydrogen-bond donors (Lipinski definition) is 4. The van der Waals surface area contributed by atoms with Crippen molar-refractivity contribution in [2.75, 3.05) is 0 Å². The van der Waals surface area contributed by atoms with Crippen molar-refractivity contribution in [3.8, 4) is 0 Å². The Kier molecular flexibility index (Phi) is 2.05. The third-order valence-electron chi connectivity index (χ3n) is 2.09. The second-order valence-corrected chi connectivity index (χ2v) is 3.11. The molecule has 0 radical (unpaired) electrons. The first-order valence-corrected chi connectivity index (χ1v) is 3.64. The first-order chi connectivity index (χ1) is 5.93. The van der Waals surface area contributed by atoms with E-state index in [0.717, 1.165) is 0 Å². The van der Waals surface area contributed by atoms with Crippen LogP contribution in [0.5, 0.6) is 0 Å². The second-order valence-electron chi connectivity index (χ2n) is 3.11. The molecule has 72 valence electrons. The van der Waals surface area contributed by atoms with E-state index < -0.39 is 37.1 Å². The molecule has 0 aromatic heterocycles. The number of ether oxygens (including phenoxy) is 1. The first kappa shape index (κ1) is 8.40. The minimum Gasteiger partial charge on any atom is -0.387 e. The van der Waals surface area contributed by atoms with Gasteiger partial charge in [0.2, 0.25) is 0 Å². The van der Waals surface area contributed by atoms with Gasteiger partial charge >= 0.3 is 0 Å². The van der Waals surface area contributed by atoms with Crippen LogP contribution in [0.4, 0.5) is 0 Å². The molecule has 5 atom stereocenters. The fourth-order valence-electron chi connectivity index (χ4n) is 1.20. The first-order valence-electron chi connectivity index (χ1n) is 4.35. The lowest BCUT2D eigenvalue weighted by Gasteiger charge is -2.43. The van der Waals surface area contributed by atoms with Gasteiger partial charge in [-0.25, -0.2) is 0 Å². The van der Waals surface area contributed by atoms with E-state index in [1.54, 1.807) is 0 Å². The Hall–Kier alpha value is -0.200. The molecule has 0 saturated carbocycles. The van der Waals surface area contributed by atoms with Crippen LogP contribution in [0, 0.1) is 0 Å². The van der Waals surface area contributed by atoms with E-state index in [0.29, 0.717) is 0 Å². The van der Waals surface area contributed by atoms with Crippen molar-refractivity contribution in [2.45, 2.75) is 44.0 Å². The third kappa shape index (κ3) is 1.34. The summed E-state index contributed by atoms with van der Waals surface area (Å²) in [5.74, 6) is 0. The molecular formula is C7H14O5. The minimum absolute atomic E-state index is 0.597. The Morgan fingerprint density at radius 2 is 1.92 bits per heavy atom. The zero-order valence-electron chi connectivity index (χ0n) is 7.71. The van der Waals surface area contributed by atoms with Crippen LogP contribution >= 0.6 is 0 Å². The van der Waals surface area contributed by atoms with Gasteiger partial charge < -0.3 is 25.2 Å². The van der Waals surface area contributed by atoms with Gasteiger partial charge in [-0.1, -0.05) is 0 Å². The van der Waals surface area contributed by atoms with Gasteiger partial charge in [0.25, 0.3) is 0 Å². The fourth-order valence-corrected chi connectivity index (χ4v) is 1.20. The summed E-state index contributed by atoms with van der Waals surface area (Å²) in [6.07, 6.45) is -5.40. The molecule has 1 unspecified atom stereocenters. The zero-order valence-corrected chi connectivity index (χ0v) is 6.71. The molecule has 12 heavy (non-hydrogen) atoms. The summed E-state index contributed by atoms with van der Waals surface area (Å²) in [6.45, 7) is 0.848. The molecule has 4 N–H and O–H groups in total. The molecule has 0 bridgehead atoms. The Morgan fingerprint density at radius 1 is 1.33 bits per heavy atom. The highest BCUT2D eigenvalue weighted by atomic mass is 16.6. The molecule has 1 saturated heterocycles. The molecule has 1 aliphatic rings. The van der Waals surface area contributed by atoms with Crippen molar-refractivity contribution in [1.29, 1.82) is 0 Å². The quantitative estimate of drug-likeness (QED) is 0.352. The average molecular weight is 179 g/mol. The average Bonchev–Trinajstić information content (AvgIpc) is 2.12. The SMILES string of the molecule is [2H]C[C@]1(O)[C@@H](O)C(O)O[C@H](C)[C@@H]1O. The Morgan fingerprint density at radius 3 is 2.42 bits per heavy atom. The van der Waals surface area contributed by atoms with Crippen LogP contribution in [-0.4, -0.2) is 50.6 Å². The van der Waals surface area contributed by atoms with Gasteiger partial charge in [-0.05, 0) is 13.8 Å². The summed E-state index contributed by atoms with van der Waals surface area (Å²) in [5.41, 5.74) is -2.02. The highest BCUT2D eigenvalue weighted by molar-refractivity contribution is 4.97. The van der Waals surface area contributed by atoms with Gasteiger partial charge in [0, 0.05) is 1.37 Å². The number of aliphatic hydroxyl groups excluding tert-OH is 3. The normalized spacial score (nSPS) is 56.6. The van der Waals surface area contributed by atoms with Crippen LogP contribution < -0.4 is 0 Å².